The standard InChI is InChI=1S/C18H24O4/c19-12-15-2-4-16(5-3-15)18-9-7-17(8-10-18,13-22-18)6-1-11-21-14-20/h2-5,14,19H,1,6-13H2. The fourth-order valence-corrected chi connectivity index (χ4v) is 3.95. The third-order valence-electron chi connectivity index (χ3n) is 5.47. The van der Waals surface area contributed by atoms with Crippen molar-refractivity contribution in [2.24, 2.45) is 5.41 Å². The molecule has 2 saturated heterocycles. The molecule has 120 valence electrons. The van der Waals surface area contributed by atoms with E-state index in [1.807, 2.05) is 12.1 Å². The largest absolute Gasteiger partial charge is 0.468 e. The van der Waals surface area contributed by atoms with E-state index in [4.69, 9.17) is 14.6 Å². The summed E-state index contributed by atoms with van der Waals surface area (Å²) in [6.07, 6.45) is 6.45. The predicted octanol–water partition coefficient (Wildman–Crippen LogP) is 2.92. The van der Waals surface area contributed by atoms with Crippen molar-refractivity contribution in [3.05, 3.63) is 35.4 Å². The van der Waals surface area contributed by atoms with Crippen molar-refractivity contribution in [2.75, 3.05) is 13.2 Å². The molecule has 0 unspecified atom stereocenters. The third-order valence-corrected chi connectivity index (χ3v) is 5.47. The second kappa shape index (κ2) is 6.39. The number of carbonyl (C=O) groups excluding carboxylic acids is 1. The first-order chi connectivity index (χ1) is 10.7. The van der Waals surface area contributed by atoms with Crippen molar-refractivity contribution >= 4 is 6.47 Å². The number of carbonyl (C=O) groups is 1. The summed E-state index contributed by atoms with van der Waals surface area (Å²) in [5, 5.41) is 9.16. The van der Waals surface area contributed by atoms with Crippen LogP contribution in [-0.4, -0.2) is 24.8 Å². The Labute approximate surface area is 131 Å². The van der Waals surface area contributed by atoms with Gasteiger partial charge in [-0.3, -0.25) is 4.79 Å². The number of rotatable bonds is 7. The van der Waals surface area contributed by atoms with E-state index in [1.165, 1.54) is 18.4 Å². The average Bonchev–Trinajstić information content (AvgIpc) is 2.60. The van der Waals surface area contributed by atoms with Gasteiger partial charge in [-0.15, -0.1) is 0 Å². The molecule has 1 aliphatic carbocycles. The van der Waals surface area contributed by atoms with Gasteiger partial charge in [0.25, 0.3) is 6.47 Å². The Hall–Kier alpha value is -1.39. The van der Waals surface area contributed by atoms with Crippen LogP contribution in [0.25, 0.3) is 0 Å². The Morgan fingerprint density at radius 3 is 2.45 bits per heavy atom. The smallest absolute Gasteiger partial charge is 0.293 e. The van der Waals surface area contributed by atoms with Crippen LogP contribution in [0.3, 0.4) is 0 Å². The van der Waals surface area contributed by atoms with Crippen LogP contribution < -0.4 is 0 Å². The lowest BCUT2D eigenvalue weighted by atomic mass is 9.62. The molecule has 3 fully saturated rings. The van der Waals surface area contributed by atoms with Crippen LogP contribution in [0.4, 0.5) is 0 Å². The monoisotopic (exact) mass is 304 g/mol. The van der Waals surface area contributed by atoms with Crippen molar-refractivity contribution in [3.8, 4) is 0 Å². The first-order valence-electron chi connectivity index (χ1n) is 8.12. The van der Waals surface area contributed by atoms with Crippen LogP contribution in [0.2, 0.25) is 0 Å². The number of aliphatic hydroxyl groups excluding tert-OH is 1. The Morgan fingerprint density at radius 2 is 1.91 bits per heavy atom. The number of fused-ring (bicyclic) bond motifs is 3. The molecule has 0 radical (unpaired) electrons. The quantitative estimate of drug-likeness (QED) is 0.621. The van der Waals surface area contributed by atoms with E-state index in [-0.39, 0.29) is 17.6 Å². The molecule has 4 nitrogen and oxygen atoms in total. The molecule has 2 aliphatic heterocycles. The molecule has 3 aliphatic rings. The molecule has 4 rings (SSSR count). The lowest BCUT2D eigenvalue weighted by molar-refractivity contribution is -0.192. The van der Waals surface area contributed by atoms with Crippen molar-refractivity contribution in [3.63, 3.8) is 0 Å². The van der Waals surface area contributed by atoms with Crippen LogP contribution >= 0.6 is 0 Å². The summed E-state index contributed by atoms with van der Waals surface area (Å²) >= 11 is 0. The molecule has 1 N–H and O–H groups in total. The van der Waals surface area contributed by atoms with Gasteiger partial charge in [0, 0.05) is 0 Å². The summed E-state index contributed by atoms with van der Waals surface area (Å²) in [6.45, 7) is 1.92. The molecule has 2 heterocycles. The van der Waals surface area contributed by atoms with Crippen molar-refractivity contribution in [2.45, 2.75) is 50.7 Å². The fourth-order valence-electron chi connectivity index (χ4n) is 3.95. The van der Waals surface area contributed by atoms with E-state index >= 15 is 0 Å². The van der Waals surface area contributed by atoms with Crippen LogP contribution in [0, 0.1) is 5.41 Å². The molecule has 1 aromatic carbocycles. The van der Waals surface area contributed by atoms with E-state index in [2.05, 4.69) is 12.1 Å². The molecule has 0 spiro atoms. The normalized spacial score (nSPS) is 30.2. The van der Waals surface area contributed by atoms with Gasteiger partial charge in [0.15, 0.2) is 0 Å². The summed E-state index contributed by atoms with van der Waals surface area (Å²) < 4.78 is 11.1. The van der Waals surface area contributed by atoms with Gasteiger partial charge in [-0.2, -0.15) is 0 Å². The minimum Gasteiger partial charge on any atom is -0.468 e. The minimum atomic E-state index is -0.130. The van der Waals surface area contributed by atoms with Gasteiger partial charge in [-0.05, 0) is 55.1 Å². The van der Waals surface area contributed by atoms with Crippen LogP contribution in [-0.2, 0) is 26.5 Å². The second-order valence-corrected chi connectivity index (χ2v) is 6.71. The Balaban J connectivity index is 1.62. The maximum atomic E-state index is 10.2. The summed E-state index contributed by atoms with van der Waals surface area (Å²) in [4.78, 5) is 10.2. The molecule has 1 saturated carbocycles. The lowest BCUT2D eigenvalue weighted by Crippen LogP contribution is -2.49. The van der Waals surface area contributed by atoms with E-state index in [1.54, 1.807) is 0 Å². The van der Waals surface area contributed by atoms with Crippen LogP contribution in [0.15, 0.2) is 24.3 Å². The topological polar surface area (TPSA) is 55.8 Å². The highest BCUT2D eigenvalue weighted by molar-refractivity contribution is 5.36. The minimum absolute atomic E-state index is 0.0834. The molecule has 0 aromatic heterocycles. The third kappa shape index (κ3) is 2.90. The zero-order valence-corrected chi connectivity index (χ0v) is 12.9. The van der Waals surface area contributed by atoms with E-state index in [0.717, 1.165) is 37.9 Å². The van der Waals surface area contributed by atoms with E-state index in [0.29, 0.717) is 13.1 Å². The summed E-state index contributed by atoms with van der Waals surface area (Å²) in [5.74, 6) is 0. The van der Waals surface area contributed by atoms with Crippen LogP contribution in [0.1, 0.15) is 49.7 Å². The molecule has 2 bridgehead atoms. The average molecular weight is 304 g/mol. The number of ether oxygens (including phenoxy) is 2. The Morgan fingerprint density at radius 1 is 1.18 bits per heavy atom. The zero-order chi connectivity index (χ0) is 15.5. The van der Waals surface area contributed by atoms with E-state index < -0.39 is 0 Å². The van der Waals surface area contributed by atoms with Gasteiger partial charge in [0.2, 0.25) is 0 Å². The SMILES string of the molecule is O=COCCCC12CCC(c3ccc(CO)cc3)(CC1)OC2. The van der Waals surface area contributed by atoms with Crippen molar-refractivity contribution in [1.29, 1.82) is 0 Å². The molecule has 0 amide bonds. The second-order valence-electron chi connectivity index (χ2n) is 6.71. The predicted molar refractivity (Wildman–Crippen MR) is 82.1 cm³/mol. The zero-order valence-electron chi connectivity index (χ0n) is 12.9. The summed E-state index contributed by atoms with van der Waals surface area (Å²) in [7, 11) is 0. The highest BCUT2D eigenvalue weighted by Crippen LogP contribution is 2.55. The number of aliphatic hydroxyl groups is 1. The molecular formula is C18H24O4. The highest BCUT2D eigenvalue weighted by Gasteiger charge is 2.50. The molecule has 0 atom stereocenters. The Bertz CT molecular complexity index is 484. The maximum absolute atomic E-state index is 10.2. The fraction of sp³-hybridized carbons (Fsp3) is 0.611. The van der Waals surface area contributed by atoms with Gasteiger partial charge >= 0.3 is 0 Å². The first kappa shape index (κ1) is 15.5. The molecule has 22 heavy (non-hydrogen) atoms. The summed E-state index contributed by atoms with van der Waals surface area (Å²) in [6, 6.07) is 8.17. The maximum Gasteiger partial charge on any atom is 0.293 e. The van der Waals surface area contributed by atoms with Gasteiger partial charge in [-0.1, -0.05) is 24.3 Å². The molecule has 1 aromatic rings. The lowest BCUT2D eigenvalue weighted by Gasteiger charge is -2.53. The Kier molecular flexibility index (Phi) is 4.50. The number of benzene rings is 1. The number of hydrogen-bond acceptors (Lipinski definition) is 4. The van der Waals surface area contributed by atoms with Gasteiger partial charge in [0.05, 0.1) is 25.4 Å². The van der Waals surface area contributed by atoms with Crippen molar-refractivity contribution < 1.29 is 19.4 Å². The summed E-state index contributed by atoms with van der Waals surface area (Å²) in [5.41, 5.74) is 2.33. The van der Waals surface area contributed by atoms with Crippen LogP contribution in [0.5, 0.6) is 0 Å². The molecular weight excluding hydrogens is 280 g/mol. The van der Waals surface area contributed by atoms with Crippen molar-refractivity contribution in [1.82, 2.24) is 0 Å². The van der Waals surface area contributed by atoms with Gasteiger partial charge in [0.1, 0.15) is 0 Å². The highest BCUT2D eigenvalue weighted by atomic mass is 16.5. The van der Waals surface area contributed by atoms with Gasteiger partial charge < -0.3 is 14.6 Å². The van der Waals surface area contributed by atoms with Gasteiger partial charge in [-0.25, -0.2) is 0 Å². The number of hydrogen-bond donors (Lipinski definition) is 1. The molecule has 4 heteroatoms. The first-order valence-corrected chi connectivity index (χ1v) is 8.12. The van der Waals surface area contributed by atoms with E-state index in [9.17, 15) is 4.79 Å².